The molecule has 1 aromatic heterocycles. The van der Waals surface area contributed by atoms with Gasteiger partial charge in [-0.25, -0.2) is 4.98 Å². The summed E-state index contributed by atoms with van der Waals surface area (Å²) in [5, 5.41) is 0. The van der Waals surface area contributed by atoms with E-state index < -0.39 is 0 Å². The van der Waals surface area contributed by atoms with E-state index in [1.165, 1.54) is 0 Å². The van der Waals surface area contributed by atoms with Crippen molar-refractivity contribution in [3.05, 3.63) is 23.9 Å². The molecule has 1 heterocycles. The second-order valence-corrected chi connectivity index (χ2v) is 2.84. The van der Waals surface area contributed by atoms with Crippen LogP contribution >= 0.6 is 0 Å². The third-order valence-corrected chi connectivity index (χ3v) is 1.54. The molecular weight excluding hydrogens is 152 g/mol. The summed E-state index contributed by atoms with van der Waals surface area (Å²) in [5.74, 6) is 0.646. The van der Waals surface area contributed by atoms with Crippen molar-refractivity contribution in [2.75, 3.05) is 6.54 Å². The Kier molecular flexibility index (Phi) is 3.05. The number of rotatable bonds is 3. The standard InChI is InChI=1S/C9H14N2O.H2/c1-7-3-4-11-9(5-7)12-8(2)6-10;/h3-5,8H,6,10H2,1-2H3;1H/t8-;/m0./s1. The molecule has 3 nitrogen and oxygen atoms in total. The number of ether oxygens (including phenoxy) is 1. The van der Waals surface area contributed by atoms with Crippen LogP contribution in [-0.2, 0) is 0 Å². The Labute approximate surface area is 74.0 Å². The normalized spacial score (nSPS) is 12.6. The van der Waals surface area contributed by atoms with Crippen molar-refractivity contribution in [1.29, 1.82) is 0 Å². The topological polar surface area (TPSA) is 48.1 Å². The van der Waals surface area contributed by atoms with E-state index in [1.807, 2.05) is 26.0 Å². The van der Waals surface area contributed by atoms with Crippen molar-refractivity contribution in [1.82, 2.24) is 4.98 Å². The summed E-state index contributed by atoms with van der Waals surface area (Å²) in [7, 11) is 0. The van der Waals surface area contributed by atoms with Crippen molar-refractivity contribution in [3.63, 3.8) is 0 Å². The summed E-state index contributed by atoms with van der Waals surface area (Å²) in [6, 6.07) is 3.83. The molecule has 0 fully saturated rings. The first-order valence-electron chi connectivity index (χ1n) is 4.01. The van der Waals surface area contributed by atoms with Crippen molar-refractivity contribution in [2.24, 2.45) is 5.73 Å². The molecule has 0 aliphatic rings. The lowest BCUT2D eigenvalue weighted by Crippen LogP contribution is -2.23. The number of nitrogens with two attached hydrogens (primary N) is 1. The lowest BCUT2D eigenvalue weighted by molar-refractivity contribution is 0.220. The van der Waals surface area contributed by atoms with Crippen LogP contribution in [0.15, 0.2) is 18.3 Å². The molecule has 1 rings (SSSR count). The van der Waals surface area contributed by atoms with Crippen molar-refractivity contribution >= 4 is 0 Å². The molecule has 0 bridgehead atoms. The predicted molar refractivity (Wildman–Crippen MR) is 50.2 cm³/mol. The van der Waals surface area contributed by atoms with Crippen LogP contribution in [0.1, 0.15) is 13.9 Å². The van der Waals surface area contributed by atoms with Crippen LogP contribution in [0.3, 0.4) is 0 Å². The number of aryl methyl sites for hydroxylation is 1. The molecule has 0 radical (unpaired) electrons. The Morgan fingerprint density at radius 2 is 2.50 bits per heavy atom. The van der Waals surface area contributed by atoms with Gasteiger partial charge in [0.25, 0.3) is 0 Å². The summed E-state index contributed by atoms with van der Waals surface area (Å²) in [6.07, 6.45) is 1.76. The minimum atomic E-state index is 0. The zero-order valence-corrected chi connectivity index (χ0v) is 7.45. The lowest BCUT2D eigenvalue weighted by atomic mass is 10.3. The maximum atomic E-state index is 5.41. The van der Waals surface area contributed by atoms with Gasteiger partial charge >= 0.3 is 0 Å². The first-order valence-corrected chi connectivity index (χ1v) is 4.01. The number of pyridine rings is 1. The minimum Gasteiger partial charge on any atom is -0.473 e. The molecule has 1 aromatic rings. The van der Waals surface area contributed by atoms with E-state index >= 15 is 0 Å². The summed E-state index contributed by atoms with van der Waals surface area (Å²) in [6.45, 7) is 4.43. The second kappa shape index (κ2) is 4.07. The summed E-state index contributed by atoms with van der Waals surface area (Å²) in [5.41, 5.74) is 6.55. The van der Waals surface area contributed by atoms with E-state index in [9.17, 15) is 0 Å². The van der Waals surface area contributed by atoms with E-state index in [1.54, 1.807) is 6.20 Å². The first-order chi connectivity index (χ1) is 5.72. The fraction of sp³-hybridized carbons (Fsp3) is 0.444. The smallest absolute Gasteiger partial charge is 0.213 e. The van der Waals surface area contributed by atoms with Gasteiger partial charge in [0.15, 0.2) is 0 Å². The van der Waals surface area contributed by atoms with Gasteiger partial charge in [-0.3, -0.25) is 0 Å². The molecule has 12 heavy (non-hydrogen) atoms. The molecule has 0 saturated carbocycles. The Hall–Kier alpha value is -1.09. The van der Waals surface area contributed by atoms with Gasteiger partial charge in [-0.15, -0.1) is 0 Å². The molecule has 0 aliphatic carbocycles. The molecule has 1 atom stereocenters. The van der Waals surface area contributed by atoms with Crippen molar-refractivity contribution in [3.8, 4) is 5.88 Å². The van der Waals surface area contributed by atoms with Gasteiger partial charge in [-0.05, 0) is 25.5 Å². The van der Waals surface area contributed by atoms with Crippen molar-refractivity contribution in [2.45, 2.75) is 20.0 Å². The van der Waals surface area contributed by atoms with Crippen LogP contribution in [0.4, 0.5) is 0 Å². The SMILES string of the molecule is Cc1ccnc(O[C@@H](C)CN)c1.[HH]. The Bertz CT molecular complexity index is 255. The van der Waals surface area contributed by atoms with E-state index in [2.05, 4.69) is 4.98 Å². The quantitative estimate of drug-likeness (QED) is 0.741. The highest BCUT2D eigenvalue weighted by molar-refractivity contribution is 5.18. The Morgan fingerprint density at radius 1 is 1.75 bits per heavy atom. The molecule has 0 amide bonds. The summed E-state index contributed by atoms with van der Waals surface area (Å²) < 4.78 is 5.41. The fourth-order valence-corrected chi connectivity index (χ4v) is 0.827. The van der Waals surface area contributed by atoms with Crippen LogP contribution in [0.5, 0.6) is 5.88 Å². The largest absolute Gasteiger partial charge is 0.473 e. The van der Waals surface area contributed by atoms with E-state index in [0.717, 1.165) is 5.56 Å². The van der Waals surface area contributed by atoms with Gasteiger partial charge in [-0.1, -0.05) is 0 Å². The summed E-state index contributed by atoms with van der Waals surface area (Å²) >= 11 is 0. The van der Waals surface area contributed by atoms with E-state index in [0.29, 0.717) is 12.4 Å². The molecule has 68 valence electrons. The maximum absolute atomic E-state index is 5.41. The van der Waals surface area contributed by atoms with Gasteiger partial charge in [0, 0.05) is 20.2 Å². The van der Waals surface area contributed by atoms with Crippen LogP contribution in [-0.4, -0.2) is 17.6 Å². The molecule has 0 saturated heterocycles. The second-order valence-electron chi connectivity index (χ2n) is 2.84. The Morgan fingerprint density at radius 3 is 3.08 bits per heavy atom. The number of hydrogen-bond donors (Lipinski definition) is 1. The van der Waals surface area contributed by atoms with E-state index in [-0.39, 0.29) is 7.53 Å². The van der Waals surface area contributed by atoms with Crippen LogP contribution in [0.2, 0.25) is 0 Å². The molecule has 0 aliphatic heterocycles. The Balaban J connectivity index is 0.00000144. The van der Waals surface area contributed by atoms with Crippen LogP contribution < -0.4 is 10.5 Å². The number of hydrogen-bond acceptors (Lipinski definition) is 3. The maximum Gasteiger partial charge on any atom is 0.213 e. The highest BCUT2D eigenvalue weighted by Crippen LogP contribution is 2.09. The van der Waals surface area contributed by atoms with Crippen LogP contribution in [0.25, 0.3) is 0 Å². The molecule has 3 heteroatoms. The average Bonchev–Trinajstić information content (AvgIpc) is 2.04. The van der Waals surface area contributed by atoms with Gasteiger partial charge in [0.2, 0.25) is 5.88 Å². The van der Waals surface area contributed by atoms with Crippen molar-refractivity contribution < 1.29 is 6.16 Å². The number of aromatic nitrogens is 1. The minimum absolute atomic E-state index is 0. The zero-order chi connectivity index (χ0) is 8.97. The van der Waals surface area contributed by atoms with Gasteiger partial charge in [-0.2, -0.15) is 0 Å². The van der Waals surface area contributed by atoms with Gasteiger partial charge in [0.1, 0.15) is 6.10 Å². The highest BCUT2D eigenvalue weighted by atomic mass is 16.5. The fourth-order valence-electron chi connectivity index (χ4n) is 0.827. The first kappa shape index (κ1) is 9.00. The number of nitrogens with zero attached hydrogens (tertiary/aromatic N) is 1. The zero-order valence-electron chi connectivity index (χ0n) is 7.45. The molecule has 2 N–H and O–H groups in total. The molecular formula is C9H16N2O. The predicted octanol–water partition coefficient (Wildman–Crippen LogP) is 1.36. The molecule has 0 aromatic carbocycles. The van der Waals surface area contributed by atoms with Gasteiger partial charge in [0.05, 0.1) is 0 Å². The average molecular weight is 168 g/mol. The third kappa shape index (κ3) is 2.51. The third-order valence-electron chi connectivity index (χ3n) is 1.54. The molecule has 0 unspecified atom stereocenters. The highest BCUT2D eigenvalue weighted by Gasteiger charge is 2.01. The van der Waals surface area contributed by atoms with E-state index in [4.69, 9.17) is 10.5 Å². The monoisotopic (exact) mass is 168 g/mol. The molecule has 0 spiro atoms. The van der Waals surface area contributed by atoms with Crippen LogP contribution in [0, 0.1) is 6.92 Å². The lowest BCUT2D eigenvalue weighted by Gasteiger charge is -2.10. The summed E-state index contributed by atoms with van der Waals surface area (Å²) in [4.78, 5) is 4.05. The van der Waals surface area contributed by atoms with Gasteiger partial charge < -0.3 is 10.5 Å².